The lowest BCUT2D eigenvalue weighted by molar-refractivity contribution is -0.145. The van der Waals surface area contributed by atoms with Crippen LogP contribution < -0.4 is 14.5 Å². The molecule has 0 aliphatic carbocycles. The van der Waals surface area contributed by atoms with Crippen LogP contribution in [-0.4, -0.2) is 49.0 Å². The van der Waals surface area contributed by atoms with Crippen LogP contribution in [0.1, 0.15) is 29.8 Å². The number of esters is 1. The first-order chi connectivity index (χ1) is 15.7. The monoisotopic (exact) mass is 516 g/mol. The van der Waals surface area contributed by atoms with Crippen LogP contribution in [0.2, 0.25) is 0 Å². The fraction of sp³-hybridized carbons (Fsp3) is 0.217. The third kappa shape index (κ3) is 5.40. The van der Waals surface area contributed by atoms with Crippen LogP contribution in [-0.2, 0) is 14.3 Å². The fourth-order valence-electron chi connectivity index (χ4n) is 3.06. The summed E-state index contributed by atoms with van der Waals surface area (Å²) in [4.78, 5) is 35.9. The number of aromatic carboxylic acids is 1. The highest BCUT2D eigenvalue weighted by atomic mass is 79.9. The van der Waals surface area contributed by atoms with Crippen LogP contribution in [0.25, 0.3) is 6.08 Å². The number of nitrogens with zero attached hydrogens (tertiary/aromatic N) is 2. The lowest BCUT2D eigenvalue weighted by Gasteiger charge is -2.13. The molecule has 0 saturated carbocycles. The molecule has 1 aliphatic rings. The first kappa shape index (κ1) is 24.0. The number of amides is 1. The lowest BCUT2D eigenvalue weighted by Crippen LogP contribution is -2.21. The van der Waals surface area contributed by atoms with E-state index in [0.29, 0.717) is 38.5 Å². The van der Waals surface area contributed by atoms with E-state index in [-0.39, 0.29) is 18.8 Å². The molecule has 1 aliphatic heterocycles. The van der Waals surface area contributed by atoms with Gasteiger partial charge in [-0.2, -0.15) is 10.1 Å². The van der Waals surface area contributed by atoms with Crippen molar-refractivity contribution in [3.63, 3.8) is 0 Å². The molecule has 1 amide bonds. The normalized spacial score (nSPS) is 14.3. The summed E-state index contributed by atoms with van der Waals surface area (Å²) in [6.45, 7) is 3.37. The molecule has 10 heteroatoms. The highest BCUT2D eigenvalue weighted by Gasteiger charge is 2.29. The number of methoxy groups -OCH3 is 1. The highest BCUT2D eigenvalue weighted by Crippen LogP contribution is 2.35. The van der Waals surface area contributed by atoms with Crippen molar-refractivity contribution >= 4 is 51.3 Å². The zero-order chi connectivity index (χ0) is 24.1. The molecule has 2 aromatic rings. The molecule has 1 heterocycles. The van der Waals surface area contributed by atoms with Gasteiger partial charge in [0.15, 0.2) is 18.1 Å². The second kappa shape index (κ2) is 10.3. The minimum absolute atomic E-state index is 0.0523. The van der Waals surface area contributed by atoms with Crippen LogP contribution in [0.3, 0.4) is 0 Å². The third-order valence-electron chi connectivity index (χ3n) is 4.63. The van der Waals surface area contributed by atoms with Gasteiger partial charge in [0.05, 0.1) is 36.3 Å². The lowest BCUT2D eigenvalue weighted by atomic mass is 10.1. The van der Waals surface area contributed by atoms with Crippen LogP contribution >= 0.6 is 15.9 Å². The number of ether oxygens (including phenoxy) is 3. The molecule has 0 spiro atoms. The Balaban J connectivity index is 1.89. The van der Waals surface area contributed by atoms with Gasteiger partial charge in [0.25, 0.3) is 5.91 Å². The Hall–Kier alpha value is -3.66. The van der Waals surface area contributed by atoms with Gasteiger partial charge >= 0.3 is 11.9 Å². The Kier molecular flexibility index (Phi) is 7.49. The summed E-state index contributed by atoms with van der Waals surface area (Å²) < 4.78 is 16.3. The number of carbonyl (C=O) groups is 3. The van der Waals surface area contributed by atoms with Gasteiger partial charge in [-0.05, 0) is 55.8 Å². The van der Waals surface area contributed by atoms with Gasteiger partial charge in [-0.15, -0.1) is 0 Å². The molecule has 9 nitrogen and oxygen atoms in total. The molecule has 0 aromatic heterocycles. The van der Waals surface area contributed by atoms with E-state index in [4.69, 9.17) is 14.2 Å². The maximum absolute atomic E-state index is 13.0. The molecular weight excluding hydrogens is 496 g/mol. The van der Waals surface area contributed by atoms with E-state index >= 15 is 0 Å². The van der Waals surface area contributed by atoms with Crippen molar-refractivity contribution in [3.05, 3.63) is 57.6 Å². The number of anilines is 1. The number of halogens is 1. The number of hydrogen-bond donors (Lipinski definition) is 1. The number of carbonyl (C=O) groups excluding carboxylic acids is 2. The maximum Gasteiger partial charge on any atom is 0.344 e. The van der Waals surface area contributed by atoms with Crippen LogP contribution in [0.4, 0.5) is 5.69 Å². The highest BCUT2D eigenvalue weighted by molar-refractivity contribution is 9.10. The molecule has 172 valence electrons. The molecule has 33 heavy (non-hydrogen) atoms. The molecule has 0 fully saturated rings. The Morgan fingerprint density at radius 2 is 1.97 bits per heavy atom. The van der Waals surface area contributed by atoms with Crippen LogP contribution in [0.15, 0.2) is 51.5 Å². The van der Waals surface area contributed by atoms with Crippen molar-refractivity contribution in [2.24, 2.45) is 5.10 Å². The van der Waals surface area contributed by atoms with Crippen molar-refractivity contribution in [2.45, 2.75) is 13.8 Å². The Morgan fingerprint density at radius 1 is 1.21 bits per heavy atom. The molecule has 0 saturated heterocycles. The van der Waals surface area contributed by atoms with Gasteiger partial charge in [0, 0.05) is 4.47 Å². The summed E-state index contributed by atoms with van der Waals surface area (Å²) >= 11 is 3.45. The van der Waals surface area contributed by atoms with E-state index in [9.17, 15) is 19.5 Å². The fourth-order valence-corrected chi connectivity index (χ4v) is 3.50. The first-order valence-corrected chi connectivity index (χ1v) is 10.7. The number of rotatable bonds is 8. The van der Waals surface area contributed by atoms with Crippen molar-refractivity contribution in [1.29, 1.82) is 0 Å². The SMILES string of the molecule is CCOC(=O)COc1cc(Br)c(/C=C2\C(=O)N(c3cccc(C(=O)O)c3)N=C2C)cc1OC. The second-order valence-corrected chi connectivity index (χ2v) is 7.69. The van der Waals surface area contributed by atoms with Gasteiger partial charge in [-0.3, -0.25) is 4.79 Å². The second-order valence-electron chi connectivity index (χ2n) is 6.83. The zero-order valence-corrected chi connectivity index (χ0v) is 19.7. The minimum atomic E-state index is -1.10. The molecule has 0 unspecified atom stereocenters. The van der Waals surface area contributed by atoms with Crippen LogP contribution in [0, 0.1) is 0 Å². The van der Waals surface area contributed by atoms with Gasteiger partial charge in [0.2, 0.25) is 0 Å². The van der Waals surface area contributed by atoms with Crippen LogP contribution in [0.5, 0.6) is 11.5 Å². The minimum Gasteiger partial charge on any atom is -0.493 e. The average molecular weight is 517 g/mol. The van der Waals surface area contributed by atoms with E-state index in [1.807, 2.05) is 0 Å². The van der Waals surface area contributed by atoms with E-state index in [1.54, 1.807) is 44.2 Å². The summed E-state index contributed by atoms with van der Waals surface area (Å²) in [7, 11) is 1.46. The predicted octanol–water partition coefficient (Wildman–Crippen LogP) is 3.90. The smallest absolute Gasteiger partial charge is 0.344 e. The van der Waals surface area contributed by atoms with Gasteiger partial charge in [0.1, 0.15) is 0 Å². The predicted molar refractivity (Wildman–Crippen MR) is 125 cm³/mol. The maximum atomic E-state index is 13.0. The topological polar surface area (TPSA) is 115 Å². The molecule has 2 aromatic carbocycles. The number of carboxylic acids is 1. The zero-order valence-electron chi connectivity index (χ0n) is 18.1. The molecule has 0 bridgehead atoms. The summed E-state index contributed by atoms with van der Waals surface area (Å²) in [6.07, 6.45) is 1.64. The Labute approximate surface area is 198 Å². The molecule has 0 radical (unpaired) electrons. The largest absolute Gasteiger partial charge is 0.493 e. The summed E-state index contributed by atoms with van der Waals surface area (Å²) in [6, 6.07) is 9.27. The van der Waals surface area contributed by atoms with E-state index in [2.05, 4.69) is 21.0 Å². The Bertz CT molecular complexity index is 1170. The molecule has 1 N–H and O–H groups in total. The molecular formula is C23H21BrN2O7. The number of hydrazone groups is 1. The van der Waals surface area contributed by atoms with Crippen molar-refractivity contribution < 1.29 is 33.7 Å². The van der Waals surface area contributed by atoms with E-state index < -0.39 is 17.8 Å². The average Bonchev–Trinajstić information content (AvgIpc) is 3.07. The summed E-state index contributed by atoms with van der Waals surface area (Å²) in [5.74, 6) is -1.31. The first-order valence-electron chi connectivity index (χ1n) is 9.86. The number of benzene rings is 2. The molecule has 0 atom stereocenters. The van der Waals surface area contributed by atoms with Crippen molar-refractivity contribution in [3.8, 4) is 11.5 Å². The number of carboxylic acid groups (broad SMARTS) is 1. The van der Waals surface area contributed by atoms with E-state index in [1.165, 1.54) is 19.2 Å². The Morgan fingerprint density at radius 3 is 2.64 bits per heavy atom. The quantitative estimate of drug-likeness (QED) is 0.417. The number of hydrogen-bond acceptors (Lipinski definition) is 7. The van der Waals surface area contributed by atoms with Gasteiger partial charge in [-0.1, -0.05) is 22.0 Å². The van der Waals surface area contributed by atoms with Crippen molar-refractivity contribution in [2.75, 3.05) is 25.3 Å². The van der Waals surface area contributed by atoms with E-state index in [0.717, 1.165) is 5.01 Å². The van der Waals surface area contributed by atoms with Gasteiger partial charge in [-0.25, -0.2) is 9.59 Å². The van der Waals surface area contributed by atoms with Gasteiger partial charge < -0.3 is 19.3 Å². The third-order valence-corrected chi connectivity index (χ3v) is 5.32. The molecule has 3 rings (SSSR count). The van der Waals surface area contributed by atoms with Crippen molar-refractivity contribution in [1.82, 2.24) is 0 Å². The standard InChI is InChI=1S/C23H21BrN2O7/c1-4-32-21(27)12-33-20-11-18(24)15(10-19(20)31-3)9-17-13(2)25-26(22(17)28)16-7-5-6-14(8-16)23(29)30/h5-11H,4,12H2,1-3H3,(H,29,30)/b17-9-. The summed E-state index contributed by atoms with van der Waals surface area (Å²) in [5.41, 5.74) is 1.82. The summed E-state index contributed by atoms with van der Waals surface area (Å²) in [5, 5.41) is 14.7.